The molecule has 1 aliphatic heterocycles. The predicted molar refractivity (Wildman–Crippen MR) is 59.1 cm³/mol. The van der Waals surface area contributed by atoms with E-state index in [1.54, 1.807) is 0 Å². The van der Waals surface area contributed by atoms with E-state index in [0.29, 0.717) is 0 Å². The van der Waals surface area contributed by atoms with Crippen LogP contribution in [0.4, 0.5) is 0 Å². The summed E-state index contributed by atoms with van der Waals surface area (Å²) in [6.07, 6.45) is 1.28. The van der Waals surface area contributed by atoms with Crippen LogP contribution in [-0.2, 0) is 23.8 Å². The lowest BCUT2D eigenvalue weighted by Gasteiger charge is -2.31. The monoisotopic (exact) mass is 255 g/mol. The van der Waals surface area contributed by atoms with E-state index in [0.717, 1.165) is 0 Å². The number of carbonyl (C=O) groups is 2. The Balaban J connectivity index is 2.79. The highest BCUT2D eigenvalue weighted by atomic mass is 16.6. The van der Waals surface area contributed by atoms with Gasteiger partial charge >= 0.3 is 11.9 Å². The molecule has 3 atom stereocenters. The van der Waals surface area contributed by atoms with Gasteiger partial charge in [-0.15, -0.1) is 0 Å². The number of hydrogen-bond donors (Lipinski definition) is 0. The molecular formula is C10H13N3O5. The van der Waals surface area contributed by atoms with Crippen molar-refractivity contribution in [3.05, 3.63) is 22.8 Å². The van der Waals surface area contributed by atoms with Crippen molar-refractivity contribution >= 4 is 11.9 Å². The fourth-order valence-corrected chi connectivity index (χ4v) is 1.47. The van der Waals surface area contributed by atoms with E-state index in [1.165, 1.54) is 26.2 Å². The van der Waals surface area contributed by atoms with Crippen LogP contribution in [0.2, 0.25) is 0 Å². The van der Waals surface area contributed by atoms with Gasteiger partial charge in [0.1, 0.15) is 6.61 Å². The average Bonchev–Trinajstić information content (AvgIpc) is 2.29. The summed E-state index contributed by atoms with van der Waals surface area (Å²) >= 11 is 0. The maximum absolute atomic E-state index is 11.0. The zero-order chi connectivity index (χ0) is 13.5. The number of hydrogen-bond acceptors (Lipinski definition) is 6. The molecule has 0 aromatic heterocycles. The van der Waals surface area contributed by atoms with Crippen LogP contribution in [0.1, 0.15) is 13.8 Å². The summed E-state index contributed by atoms with van der Waals surface area (Å²) in [5, 5.41) is 3.49. The molecule has 0 unspecified atom stereocenters. The summed E-state index contributed by atoms with van der Waals surface area (Å²) in [6.45, 7) is 2.40. The zero-order valence-electron chi connectivity index (χ0n) is 9.98. The third kappa shape index (κ3) is 3.99. The molecule has 0 bridgehead atoms. The van der Waals surface area contributed by atoms with Crippen molar-refractivity contribution in [2.45, 2.75) is 32.1 Å². The van der Waals surface area contributed by atoms with Crippen LogP contribution < -0.4 is 0 Å². The van der Waals surface area contributed by atoms with Crippen molar-refractivity contribution in [1.82, 2.24) is 0 Å². The van der Waals surface area contributed by atoms with Gasteiger partial charge < -0.3 is 14.2 Å². The Labute approximate surface area is 103 Å². The lowest BCUT2D eigenvalue weighted by Crippen LogP contribution is -2.45. The van der Waals surface area contributed by atoms with Gasteiger partial charge in [0.2, 0.25) is 0 Å². The maximum atomic E-state index is 11.0. The summed E-state index contributed by atoms with van der Waals surface area (Å²) in [5.41, 5.74) is 8.43. The number of nitrogens with zero attached hydrogens (tertiary/aromatic N) is 3. The smallest absolute Gasteiger partial charge is 0.303 e. The molecule has 1 rings (SSSR count). The Kier molecular flexibility index (Phi) is 5.01. The first-order valence-electron chi connectivity index (χ1n) is 5.21. The number of esters is 2. The van der Waals surface area contributed by atoms with Crippen LogP contribution >= 0.6 is 0 Å². The van der Waals surface area contributed by atoms with Gasteiger partial charge in [0, 0.05) is 18.8 Å². The predicted octanol–water partition coefficient (Wildman–Crippen LogP) is 1.07. The lowest BCUT2D eigenvalue weighted by atomic mass is 10.0. The molecule has 8 heteroatoms. The van der Waals surface area contributed by atoms with E-state index in [2.05, 4.69) is 10.0 Å². The van der Waals surface area contributed by atoms with E-state index in [9.17, 15) is 9.59 Å². The molecule has 98 valence electrons. The molecule has 0 saturated heterocycles. The molecule has 1 heterocycles. The SMILES string of the molecule is CC(=O)OC[C@H]1OC=C[C@@H](N=[N+]=[N-])[C@@H]1OC(C)=O. The van der Waals surface area contributed by atoms with Gasteiger partial charge in [-0.25, -0.2) is 0 Å². The van der Waals surface area contributed by atoms with E-state index in [1.807, 2.05) is 0 Å². The minimum absolute atomic E-state index is 0.0882. The molecule has 0 N–H and O–H groups in total. The second-order valence-corrected chi connectivity index (χ2v) is 3.58. The van der Waals surface area contributed by atoms with Crippen LogP contribution in [-0.4, -0.2) is 36.8 Å². The van der Waals surface area contributed by atoms with Gasteiger partial charge in [-0.2, -0.15) is 0 Å². The lowest BCUT2D eigenvalue weighted by molar-refractivity contribution is -0.160. The molecule has 0 aromatic rings. The summed E-state index contributed by atoms with van der Waals surface area (Å²) in [5.74, 6) is -1.01. The fourth-order valence-electron chi connectivity index (χ4n) is 1.47. The Morgan fingerprint density at radius 1 is 1.44 bits per heavy atom. The molecule has 0 spiro atoms. The second-order valence-electron chi connectivity index (χ2n) is 3.58. The zero-order valence-corrected chi connectivity index (χ0v) is 9.98. The highest BCUT2D eigenvalue weighted by molar-refractivity contribution is 5.66. The Bertz CT molecular complexity index is 402. The van der Waals surface area contributed by atoms with Gasteiger partial charge in [0.15, 0.2) is 12.2 Å². The standard InChI is InChI=1S/C10H13N3O5/c1-6(14)17-5-9-10(18-7(2)15)8(12-13-11)3-4-16-9/h3-4,8-10H,5H2,1-2H3/t8-,9-,10+/m1/s1. The molecule has 0 aromatic carbocycles. The van der Waals surface area contributed by atoms with Gasteiger partial charge in [-0.1, -0.05) is 5.11 Å². The minimum Gasteiger partial charge on any atom is -0.491 e. The van der Waals surface area contributed by atoms with Crippen molar-refractivity contribution in [3.63, 3.8) is 0 Å². The van der Waals surface area contributed by atoms with E-state index in [4.69, 9.17) is 19.7 Å². The van der Waals surface area contributed by atoms with Crippen molar-refractivity contribution in [1.29, 1.82) is 0 Å². The number of carbonyl (C=O) groups excluding carboxylic acids is 2. The van der Waals surface area contributed by atoms with Crippen molar-refractivity contribution in [3.8, 4) is 0 Å². The average molecular weight is 255 g/mol. The molecule has 18 heavy (non-hydrogen) atoms. The van der Waals surface area contributed by atoms with Crippen molar-refractivity contribution < 1.29 is 23.8 Å². The summed E-state index contributed by atoms with van der Waals surface area (Å²) < 4.78 is 15.0. The number of azide groups is 1. The molecule has 0 fully saturated rings. The molecule has 8 nitrogen and oxygen atoms in total. The molecule has 0 amide bonds. The molecule has 0 radical (unpaired) electrons. The van der Waals surface area contributed by atoms with Crippen molar-refractivity contribution in [2.75, 3.05) is 6.61 Å². The van der Waals surface area contributed by atoms with Crippen molar-refractivity contribution in [2.24, 2.45) is 5.11 Å². The first-order valence-corrected chi connectivity index (χ1v) is 5.21. The van der Waals surface area contributed by atoms with E-state index < -0.39 is 30.2 Å². The summed E-state index contributed by atoms with van der Waals surface area (Å²) in [7, 11) is 0. The third-order valence-corrected chi connectivity index (χ3v) is 2.17. The van der Waals surface area contributed by atoms with Gasteiger partial charge in [0.25, 0.3) is 0 Å². The van der Waals surface area contributed by atoms with Crippen LogP contribution in [0.25, 0.3) is 10.4 Å². The fraction of sp³-hybridized carbons (Fsp3) is 0.600. The Hall–Kier alpha value is -2.21. The molecule has 1 aliphatic rings. The van der Waals surface area contributed by atoms with Gasteiger partial charge in [-0.05, 0) is 11.6 Å². The molecular weight excluding hydrogens is 242 g/mol. The van der Waals surface area contributed by atoms with Crippen LogP contribution in [0.15, 0.2) is 17.5 Å². The summed E-state index contributed by atoms with van der Waals surface area (Å²) in [6, 6.07) is -0.687. The van der Waals surface area contributed by atoms with E-state index >= 15 is 0 Å². The topological polar surface area (TPSA) is 111 Å². The highest BCUT2D eigenvalue weighted by Crippen LogP contribution is 2.19. The first-order chi connectivity index (χ1) is 8.54. The highest BCUT2D eigenvalue weighted by Gasteiger charge is 2.35. The maximum Gasteiger partial charge on any atom is 0.303 e. The summed E-state index contributed by atoms with van der Waals surface area (Å²) in [4.78, 5) is 24.4. The number of ether oxygens (including phenoxy) is 3. The Morgan fingerprint density at radius 2 is 2.17 bits per heavy atom. The third-order valence-electron chi connectivity index (χ3n) is 2.17. The quantitative estimate of drug-likeness (QED) is 0.323. The second kappa shape index (κ2) is 6.51. The minimum atomic E-state index is -0.817. The van der Waals surface area contributed by atoms with E-state index in [-0.39, 0.29) is 6.61 Å². The molecule has 0 aliphatic carbocycles. The largest absolute Gasteiger partial charge is 0.491 e. The molecule has 0 saturated carbocycles. The van der Waals surface area contributed by atoms with Gasteiger partial charge in [-0.3, -0.25) is 9.59 Å². The van der Waals surface area contributed by atoms with Gasteiger partial charge in [0.05, 0.1) is 12.3 Å². The Morgan fingerprint density at radius 3 is 2.72 bits per heavy atom. The van der Waals surface area contributed by atoms with Crippen LogP contribution in [0.5, 0.6) is 0 Å². The first kappa shape index (κ1) is 13.9. The van der Waals surface area contributed by atoms with Crippen LogP contribution in [0, 0.1) is 0 Å². The normalized spacial score (nSPS) is 25.6. The van der Waals surface area contributed by atoms with Crippen LogP contribution in [0.3, 0.4) is 0 Å². The number of rotatable bonds is 4.